The number of ether oxygens (including phenoxy) is 2. The predicted molar refractivity (Wildman–Crippen MR) is 122 cm³/mol. The Balaban J connectivity index is 1.58. The predicted octanol–water partition coefficient (Wildman–Crippen LogP) is 3.83. The number of para-hydroxylation sites is 1. The molecular formula is C25H30N2O4. The first-order chi connectivity index (χ1) is 14.9. The molecule has 0 unspecified atom stereocenters. The number of piperazine rings is 1. The van der Waals surface area contributed by atoms with Crippen molar-refractivity contribution in [2.45, 2.75) is 19.8 Å². The summed E-state index contributed by atoms with van der Waals surface area (Å²) >= 11 is 0. The van der Waals surface area contributed by atoms with Crippen LogP contribution in [0.4, 0.5) is 0 Å². The zero-order valence-electron chi connectivity index (χ0n) is 18.6. The van der Waals surface area contributed by atoms with Gasteiger partial charge in [0.15, 0.2) is 11.5 Å². The minimum atomic E-state index is -0.0849. The van der Waals surface area contributed by atoms with Gasteiger partial charge in [0.05, 0.1) is 14.2 Å². The maximum Gasteiger partial charge on any atom is 0.253 e. The van der Waals surface area contributed by atoms with E-state index in [-0.39, 0.29) is 11.8 Å². The van der Waals surface area contributed by atoms with Crippen LogP contribution in [0.15, 0.2) is 48.5 Å². The van der Waals surface area contributed by atoms with E-state index in [0.29, 0.717) is 49.2 Å². The van der Waals surface area contributed by atoms with Crippen LogP contribution in [0.3, 0.4) is 0 Å². The SMILES string of the molecule is COc1cccc(/C=C/C(=O)N2CCN(C(=O)c3ccc(C(C)C)cc3)CC2)c1OC. The molecule has 1 aliphatic rings. The van der Waals surface area contributed by atoms with Crippen LogP contribution in [-0.2, 0) is 4.79 Å². The summed E-state index contributed by atoms with van der Waals surface area (Å²) in [6.07, 6.45) is 3.27. The van der Waals surface area contributed by atoms with Crippen LogP contribution in [0.25, 0.3) is 6.08 Å². The summed E-state index contributed by atoms with van der Waals surface area (Å²) in [5.41, 5.74) is 2.68. The highest BCUT2D eigenvalue weighted by atomic mass is 16.5. The summed E-state index contributed by atoms with van der Waals surface area (Å²) in [6, 6.07) is 13.3. The first kappa shape index (κ1) is 22.4. The van der Waals surface area contributed by atoms with Gasteiger partial charge in [-0.3, -0.25) is 9.59 Å². The lowest BCUT2D eigenvalue weighted by Crippen LogP contribution is -2.50. The van der Waals surface area contributed by atoms with Crippen molar-refractivity contribution < 1.29 is 19.1 Å². The van der Waals surface area contributed by atoms with Crippen LogP contribution in [-0.4, -0.2) is 62.0 Å². The van der Waals surface area contributed by atoms with Crippen molar-refractivity contribution in [1.29, 1.82) is 0 Å². The lowest BCUT2D eigenvalue weighted by molar-refractivity contribution is -0.127. The van der Waals surface area contributed by atoms with E-state index < -0.39 is 0 Å². The number of nitrogens with zero attached hydrogens (tertiary/aromatic N) is 2. The molecule has 6 nitrogen and oxygen atoms in total. The Hall–Kier alpha value is -3.28. The summed E-state index contributed by atoms with van der Waals surface area (Å²) < 4.78 is 10.7. The minimum Gasteiger partial charge on any atom is -0.493 e. The maximum absolute atomic E-state index is 12.8. The van der Waals surface area contributed by atoms with Crippen molar-refractivity contribution in [1.82, 2.24) is 9.80 Å². The van der Waals surface area contributed by atoms with Crippen LogP contribution in [0.5, 0.6) is 11.5 Å². The van der Waals surface area contributed by atoms with Crippen LogP contribution < -0.4 is 9.47 Å². The molecule has 164 valence electrons. The number of hydrogen-bond donors (Lipinski definition) is 0. The molecule has 0 saturated carbocycles. The summed E-state index contributed by atoms with van der Waals surface area (Å²) in [5.74, 6) is 1.57. The van der Waals surface area contributed by atoms with Gasteiger partial charge in [-0.2, -0.15) is 0 Å². The molecule has 0 radical (unpaired) electrons. The molecule has 0 aromatic heterocycles. The van der Waals surface area contributed by atoms with E-state index in [4.69, 9.17) is 9.47 Å². The van der Waals surface area contributed by atoms with Crippen molar-refractivity contribution in [3.63, 3.8) is 0 Å². The third-order valence-corrected chi connectivity index (χ3v) is 5.54. The lowest BCUT2D eigenvalue weighted by atomic mass is 10.0. The lowest BCUT2D eigenvalue weighted by Gasteiger charge is -2.34. The summed E-state index contributed by atoms with van der Waals surface area (Å²) in [6.45, 7) is 6.32. The average molecular weight is 423 g/mol. The molecule has 6 heteroatoms. The van der Waals surface area contributed by atoms with E-state index in [0.717, 1.165) is 5.56 Å². The molecule has 0 bridgehead atoms. The first-order valence-corrected chi connectivity index (χ1v) is 10.5. The Morgan fingerprint density at radius 2 is 1.55 bits per heavy atom. The van der Waals surface area contributed by atoms with Crippen LogP contribution in [0, 0.1) is 0 Å². The van der Waals surface area contributed by atoms with Crippen molar-refractivity contribution >= 4 is 17.9 Å². The second kappa shape index (κ2) is 10.2. The quantitative estimate of drug-likeness (QED) is 0.664. The second-order valence-electron chi connectivity index (χ2n) is 7.81. The fourth-order valence-corrected chi connectivity index (χ4v) is 3.63. The third kappa shape index (κ3) is 5.26. The van der Waals surface area contributed by atoms with Gasteiger partial charge in [-0.15, -0.1) is 0 Å². The smallest absolute Gasteiger partial charge is 0.253 e. The number of carbonyl (C=O) groups is 2. The molecule has 0 spiro atoms. The van der Waals surface area contributed by atoms with Gasteiger partial charge < -0.3 is 19.3 Å². The zero-order valence-corrected chi connectivity index (χ0v) is 18.6. The van der Waals surface area contributed by atoms with E-state index in [1.165, 1.54) is 5.56 Å². The van der Waals surface area contributed by atoms with E-state index in [9.17, 15) is 9.59 Å². The Kier molecular flexibility index (Phi) is 7.34. The molecule has 2 amide bonds. The van der Waals surface area contributed by atoms with Gasteiger partial charge in [-0.25, -0.2) is 0 Å². The van der Waals surface area contributed by atoms with Crippen molar-refractivity contribution in [2.24, 2.45) is 0 Å². The average Bonchev–Trinajstić information content (AvgIpc) is 2.81. The Labute approximate surface area is 184 Å². The van der Waals surface area contributed by atoms with Crippen LogP contribution in [0.1, 0.15) is 41.3 Å². The summed E-state index contributed by atoms with van der Waals surface area (Å²) in [7, 11) is 3.15. The highest BCUT2D eigenvalue weighted by molar-refractivity contribution is 5.95. The molecular weight excluding hydrogens is 392 g/mol. The molecule has 31 heavy (non-hydrogen) atoms. The standard InChI is InChI=1S/C25H30N2O4/c1-18(2)19-8-10-21(11-9-19)25(29)27-16-14-26(15-17-27)23(28)13-12-20-6-5-7-22(30-3)24(20)31-4/h5-13,18H,14-17H2,1-4H3/b13-12+. The fraction of sp³-hybridized carbons (Fsp3) is 0.360. The molecule has 1 heterocycles. The van der Waals surface area contributed by atoms with Gasteiger partial charge in [0.25, 0.3) is 5.91 Å². The minimum absolute atomic E-state index is 0.0130. The number of rotatable bonds is 6. The van der Waals surface area contributed by atoms with Gasteiger partial charge >= 0.3 is 0 Å². The number of amides is 2. The van der Waals surface area contributed by atoms with E-state index in [1.807, 2.05) is 47.4 Å². The topological polar surface area (TPSA) is 59.1 Å². The number of benzene rings is 2. The largest absolute Gasteiger partial charge is 0.493 e. The van der Waals surface area contributed by atoms with Crippen LogP contribution >= 0.6 is 0 Å². The molecule has 3 rings (SSSR count). The maximum atomic E-state index is 12.8. The van der Waals surface area contributed by atoms with Gasteiger partial charge in [0, 0.05) is 43.4 Å². The normalized spacial score (nSPS) is 14.2. The molecule has 0 N–H and O–H groups in total. The van der Waals surface area contributed by atoms with Gasteiger partial charge in [-0.05, 0) is 35.8 Å². The number of methoxy groups -OCH3 is 2. The van der Waals surface area contributed by atoms with Crippen molar-refractivity contribution in [2.75, 3.05) is 40.4 Å². The molecule has 0 aliphatic carbocycles. The molecule has 2 aromatic carbocycles. The second-order valence-corrected chi connectivity index (χ2v) is 7.81. The Bertz CT molecular complexity index is 942. The number of hydrogen-bond acceptors (Lipinski definition) is 4. The Morgan fingerprint density at radius 1 is 0.903 bits per heavy atom. The molecule has 1 fully saturated rings. The van der Waals surface area contributed by atoms with Gasteiger partial charge in [-0.1, -0.05) is 38.1 Å². The van der Waals surface area contributed by atoms with E-state index >= 15 is 0 Å². The number of carbonyl (C=O) groups excluding carboxylic acids is 2. The Morgan fingerprint density at radius 3 is 2.13 bits per heavy atom. The van der Waals surface area contributed by atoms with E-state index in [2.05, 4.69) is 13.8 Å². The molecule has 0 atom stereocenters. The highest BCUT2D eigenvalue weighted by Gasteiger charge is 2.24. The van der Waals surface area contributed by atoms with Gasteiger partial charge in [0.2, 0.25) is 5.91 Å². The molecule has 2 aromatic rings. The monoisotopic (exact) mass is 422 g/mol. The third-order valence-electron chi connectivity index (χ3n) is 5.54. The van der Waals surface area contributed by atoms with Crippen LogP contribution in [0.2, 0.25) is 0 Å². The van der Waals surface area contributed by atoms with Gasteiger partial charge in [0.1, 0.15) is 0 Å². The van der Waals surface area contributed by atoms with Crippen molar-refractivity contribution in [3.8, 4) is 11.5 Å². The molecule has 1 aliphatic heterocycles. The zero-order chi connectivity index (χ0) is 22.4. The highest BCUT2D eigenvalue weighted by Crippen LogP contribution is 2.31. The summed E-state index contributed by atoms with van der Waals surface area (Å²) in [4.78, 5) is 29.0. The molecule has 1 saturated heterocycles. The first-order valence-electron chi connectivity index (χ1n) is 10.5. The fourth-order valence-electron chi connectivity index (χ4n) is 3.63. The van der Waals surface area contributed by atoms with Crippen molar-refractivity contribution in [3.05, 3.63) is 65.2 Å². The summed E-state index contributed by atoms with van der Waals surface area (Å²) in [5, 5.41) is 0. The van der Waals surface area contributed by atoms with E-state index in [1.54, 1.807) is 31.3 Å².